The predicted octanol–water partition coefficient (Wildman–Crippen LogP) is 2.36. The zero-order valence-electron chi connectivity index (χ0n) is 9.87. The minimum Gasteiger partial charge on any atom is -0.371 e. The highest BCUT2D eigenvalue weighted by molar-refractivity contribution is 5.50. The summed E-state index contributed by atoms with van der Waals surface area (Å²) in [6.45, 7) is 3.69. The van der Waals surface area contributed by atoms with Crippen LogP contribution in [0.2, 0.25) is 0 Å². The summed E-state index contributed by atoms with van der Waals surface area (Å²) in [6.07, 6.45) is -4.26. The zero-order valence-corrected chi connectivity index (χ0v) is 9.87. The maximum absolute atomic E-state index is 12.7. The summed E-state index contributed by atoms with van der Waals surface area (Å²) in [5.74, 6) is 1.17. The predicted molar refractivity (Wildman–Crippen MR) is 63.5 cm³/mol. The number of rotatable bonds is 1. The Morgan fingerprint density at radius 2 is 1.78 bits per heavy atom. The van der Waals surface area contributed by atoms with Crippen LogP contribution in [-0.4, -0.2) is 26.2 Å². The standard InChI is InChI=1S/C13H15F3N2/c14-13(15,16)11-2-1-3-12(4-11)18-7-9-5-17-6-10(9)8-18/h1-4,9-10,17H,5-8H2. The van der Waals surface area contributed by atoms with Crippen LogP contribution >= 0.6 is 0 Å². The van der Waals surface area contributed by atoms with Crippen LogP contribution in [0, 0.1) is 11.8 Å². The van der Waals surface area contributed by atoms with Gasteiger partial charge in [0.1, 0.15) is 0 Å². The van der Waals surface area contributed by atoms with E-state index in [0.29, 0.717) is 17.5 Å². The topological polar surface area (TPSA) is 15.3 Å². The maximum Gasteiger partial charge on any atom is 0.416 e. The fourth-order valence-electron chi connectivity index (χ4n) is 2.95. The molecule has 0 saturated carbocycles. The summed E-state index contributed by atoms with van der Waals surface area (Å²) in [6, 6.07) is 5.64. The van der Waals surface area contributed by atoms with Gasteiger partial charge in [0.2, 0.25) is 0 Å². The van der Waals surface area contributed by atoms with Crippen LogP contribution in [0.15, 0.2) is 24.3 Å². The second-order valence-electron chi connectivity index (χ2n) is 5.13. The molecule has 5 heteroatoms. The van der Waals surface area contributed by atoms with E-state index in [9.17, 15) is 13.2 Å². The van der Waals surface area contributed by atoms with Gasteiger partial charge in [-0.25, -0.2) is 0 Å². The molecule has 0 amide bonds. The summed E-state index contributed by atoms with van der Waals surface area (Å²) in [5.41, 5.74) is 0.134. The summed E-state index contributed by atoms with van der Waals surface area (Å²) < 4.78 is 38.0. The number of hydrogen-bond acceptors (Lipinski definition) is 2. The van der Waals surface area contributed by atoms with E-state index in [-0.39, 0.29) is 0 Å². The largest absolute Gasteiger partial charge is 0.416 e. The minimum absolute atomic E-state index is 0.560. The van der Waals surface area contributed by atoms with Crippen LogP contribution in [0.25, 0.3) is 0 Å². The number of benzene rings is 1. The van der Waals surface area contributed by atoms with Gasteiger partial charge in [0.15, 0.2) is 0 Å². The first-order valence-corrected chi connectivity index (χ1v) is 6.17. The maximum atomic E-state index is 12.7. The van der Waals surface area contributed by atoms with E-state index in [1.54, 1.807) is 6.07 Å². The molecule has 1 aromatic rings. The van der Waals surface area contributed by atoms with Crippen LogP contribution in [0.1, 0.15) is 5.56 Å². The molecule has 0 aliphatic carbocycles. The fourth-order valence-corrected chi connectivity index (χ4v) is 2.95. The molecule has 0 radical (unpaired) electrons. The molecule has 2 fully saturated rings. The molecule has 2 aliphatic heterocycles. The Hall–Kier alpha value is -1.23. The van der Waals surface area contributed by atoms with Crippen molar-refractivity contribution in [1.82, 2.24) is 5.32 Å². The van der Waals surface area contributed by atoms with Gasteiger partial charge >= 0.3 is 6.18 Å². The lowest BCUT2D eigenvalue weighted by molar-refractivity contribution is -0.137. The molecule has 0 spiro atoms. The lowest BCUT2D eigenvalue weighted by Crippen LogP contribution is -2.25. The molecule has 0 aromatic heterocycles. The average Bonchev–Trinajstić information content (AvgIpc) is 2.88. The van der Waals surface area contributed by atoms with E-state index in [0.717, 1.165) is 32.2 Å². The van der Waals surface area contributed by atoms with Gasteiger partial charge in [-0.3, -0.25) is 0 Å². The Morgan fingerprint density at radius 3 is 2.39 bits per heavy atom. The van der Waals surface area contributed by atoms with Crippen molar-refractivity contribution < 1.29 is 13.2 Å². The highest BCUT2D eigenvalue weighted by atomic mass is 19.4. The second-order valence-corrected chi connectivity index (χ2v) is 5.13. The van der Waals surface area contributed by atoms with Crippen molar-refractivity contribution in [2.45, 2.75) is 6.18 Å². The number of halogens is 3. The lowest BCUT2D eigenvalue weighted by atomic mass is 10.0. The lowest BCUT2D eigenvalue weighted by Gasteiger charge is -2.21. The number of nitrogens with one attached hydrogen (secondary N) is 1. The van der Waals surface area contributed by atoms with Crippen molar-refractivity contribution in [2.24, 2.45) is 11.8 Å². The molecule has 2 heterocycles. The molecule has 1 aromatic carbocycles. The van der Waals surface area contributed by atoms with Crippen molar-refractivity contribution in [3.05, 3.63) is 29.8 Å². The number of anilines is 1. The molecule has 2 aliphatic rings. The number of alkyl halides is 3. The Bertz CT molecular complexity index is 432. The normalized spacial score (nSPS) is 27.6. The van der Waals surface area contributed by atoms with Gasteiger partial charge < -0.3 is 10.2 Å². The van der Waals surface area contributed by atoms with Gasteiger partial charge in [0, 0.05) is 31.9 Å². The smallest absolute Gasteiger partial charge is 0.371 e. The van der Waals surface area contributed by atoms with Crippen molar-refractivity contribution in [3.8, 4) is 0 Å². The Morgan fingerprint density at radius 1 is 1.11 bits per heavy atom. The van der Waals surface area contributed by atoms with Crippen LogP contribution in [0.5, 0.6) is 0 Å². The van der Waals surface area contributed by atoms with E-state index in [1.165, 1.54) is 12.1 Å². The summed E-state index contributed by atoms with van der Waals surface area (Å²) in [5, 5.41) is 3.33. The van der Waals surface area contributed by atoms with Crippen molar-refractivity contribution >= 4 is 5.69 Å². The Labute approximate surface area is 104 Å². The van der Waals surface area contributed by atoms with Gasteiger partial charge in [-0.15, -0.1) is 0 Å². The van der Waals surface area contributed by atoms with Gasteiger partial charge in [-0.05, 0) is 30.0 Å². The molecule has 2 saturated heterocycles. The molecular formula is C13H15F3N2. The van der Waals surface area contributed by atoms with Crippen molar-refractivity contribution in [3.63, 3.8) is 0 Å². The van der Waals surface area contributed by atoms with E-state index in [4.69, 9.17) is 0 Å². The summed E-state index contributed by atoms with van der Waals surface area (Å²) in [7, 11) is 0. The first-order chi connectivity index (χ1) is 8.54. The molecular weight excluding hydrogens is 241 g/mol. The van der Waals surface area contributed by atoms with E-state index >= 15 is 0 Å². The second kappa shape index (κ2) is 4.16. The highest BCUT2D eigenvalue weighted by Crippen LogP contribution is 2.34. The molecule has 18 heavy (non-hydrogen) atoms. The van der Waals surface area contributed by atoms with E-state index in [2.05, 4.69) is 10.2 Å². The van der Waals surface area contributed by atoms with E-state index < -0.39 is 11.7 Å². The highest BCUT2D eigenvalue weighted by Gasteiger charge is 2.37. The van der Waals surface area contributed by atoms with Crippen molar-refractivity contribution in [2.75, 3.05) is 31.1 Å². The third kappa shape index (κ3) is 2.07. The molecule has 3 rings (SSSR count). The Kier molecular flexibility index (Phi) is 2.73. The third-order valence-corrected chi connectivity index (χ3v) is 3.93. The van der Waals surface area contributed by atoms with Gasteiger partial charge in [0.25, 0.3) is 0 Å². The number of nitrogens with zero attached hydrogens (tertiary/aromatic N) is 1. The van der Waals surface area contributed by atoms with Crippen LogP contribution in [-0.2, 0) is 6.18 Å². The fraction of sp³-hybridized carbons (Fsp3) is 0.538. The van der Waals surface area contributed by atoms with E-state index in [1.807, 2.05) is 0 Å². The summed E-state index contributed by atoms with van der Waals surface area (Å²) in [4.78, 5) is 2.07. The molecule has 2 unspecified atom stereocenters. The third-order valence-electron chi connectivity index (χ3n) is 3.93. The van der Waals surface area contributed by atoms with Crippen LogP contribution in [0.4, 0.5) is 18.9 Å². The average molecular weight is 256 g/mol. The zero-order chi connectivity index (χ0) is 12.8. The molecule has 1 N–H and O–H groups in total. The molecule has 2 atom stereocenters. The SMILES string of the molecule is FC(F)(F)c1cccc(N2CC3CNCC3C2)c1. The monoisotopic (exact) mass is 256 g/mol. The molecule has 0 bridgehead atoms. The van der Waals surface area contributed by atoms with Crippen LogP contribution in [0.3, 0.4) is 0 Å². The molecule has 2 nitrogen and oxygen atoms in total. The minimum atomic E-state index is -4.26. The first-order valence-electron chi connectivity index (χ1n) is 6.17. The number of fused-ring (bicyclic) bond motifs is 1. The number of hydrogen-bond donors (Lipinski definition) is 1. The van der Waals surface area contributed by atoms with Gasteiger partial charge in [-0.2, -0.15) is 13.2 Å². The van der Waals surface area contributed by atoms with Gasteiger partial charge in [0.05, 0.1) is 5.56 Å². The van der Waals surface area contributed by atoms with Crippen molar-refractivity contribution in [1.29, 1.82) is 0 Å². The first kappa shape index (κ1) is 11.8. The summed E-state index contributed by atoms with van der Waals surface area (Å²) >= 11 is 0. The Balaban J connectivity index is 1.81. The quantitative estimate of drug-likeness (QED) is 0.829. The molecule has 98 valence electrons. The van der Waals surface area contributed by atoms with Crippen LogP contribution < -0.4 is 10.2 Å². The van der Waals surface area contributed by atoms with Gasteiger partial charge in [-0.1, -0.05) is 6.07 Å².